The molecular formula is C21H23NO4. The number of carbonyl (C=O) groups excluding carboxylic acids is 1. The van der Waals surface area contributed by atoms with Gasteiger partial charge in [0.05, 0.1) is 6.61 Å². The molecule has 1 unspecified atom stereocenters. The number of nitrogens with one attached hydrogen (secondary N) is 1. The van der Waals surface area contributed by atoms with Crippen molar-refractivity contribution in [3.63, 3.8) is 0 Å². The molecule has 5 heteroatoms. The summed E-state index contributed by atoms with van der Waals surface area (Å²) in [5.41, 5.74) is 3.43. The fourth-order valence-corrected chi connectivity index (χ4v) is 3.95. The molecule has 5 nitrogen and oxygen atoms in total. The van der Waals surface area contributed by atoms with Crippen LogP contribution in [0.3, 0.4) is 0 Å². The van der Waals surface area contributed by atoms with Crippen molar-refractivity contribution in [1.82, 2.24) is 0 Å². The highest BCUT2D eigenvalue weighted by molar-refractivity contribution is 6.05. The van der Waals surface area contributed by atoms with Crippen molar-refractivity contribution in [2.24, 2.45) is 0 Å². The lowest BCUT2D eigenvalue weighted by Crippen LogP contribution is -2.24. The molecule has 2 heterocycles. The van der Waals surface area contributed by atoms with E-state index in [0.717, 1.165) is 31.4 Å². The molecule has 1 aliphatic carbocycles. The van der Waals surface area contributed by atoms with Gasteiger partial charge in [-0.15, -0.1) is 0 Å². The molecule has 136 valence electrons. The largest absolute Gasteiger partial charge is 0.427 e. The van der Waals surface area contributed by atoms with Crippen molar-refractivity contribution in [3.05, 3.63) is 62.7 Å². The summed E-state index contributed by atoms with van der Waals surface area (Å²) in [5, 5.41) is 2.93. The van der Waals surface area contributed by atoms with Gasteiger partial charge in [0.2, 0.25) is 0 Å². The predicted octanol–water partition coefficient (Wildman–Crippen LogP) is 3.58. The molecular weight excluding hydrogens is 330 g/mol. The molecule has 4 rings (SSSR count). The van der Waals surface area contributed by atoms with E-state index in [4.69, 9.17) is 9.15 Å². The van der Waals surface area contributed by atoms with E-state index in [9.17, 15) is 9.59 Å². The average Bonchev–Trinajstić information content (AvgIpc) is 3.16. The predicted molar refractivity (Wildman–Crippen MR) is 98.9 cm³/mol. The zero-order valence-electron chi connectivity index (χ0n) is 15.0. The SMILES string of the molecule is Cc1cc(C2CCOC2)oc(=O)c1C(=O)Nc1cccc2c1CCCC2. The van der Waals surface area contributed by atoms with Crippen LogP contribution in [0, 0.1) is 6.92 Å². The highest BCUT2D eigenvalue weighted by Gasteiger charge is 2.24. The molecule has 1 N–H and O–H groups in total. The number of hydrogen-bond donors (Lipinski definition) is 1. The molecule has 1 aromatic carbocycles. The number of carbonyl (C=O) groups is 1. The maximum absolute atomic E-state index is 12.8. The van der Waals surface area contributed by atoms with Crippen molar-refractivity contribution in [2.45, 2.75) is 44.9 Å². The highest BCUT2D eigenvalue weighted by Crippen LogP contribution is 2.29. The molecule has 1 atom stereocenters. The Morgan fingerprint density at radius 1 is 1.23 bits per heavy atom. The van der Waals surface area contributed by atoms with E-state index in [-0.39, 0.29) is 11.5 Å². The minimum absolute atomic E-state index is 0.0843. The number of benzene rings is 1. The summed E-state index contributed by atoms with van der Waals surface area (Å²) < 4.78 is 10.8. The van der Waals surface area contributed by atoms with Crippen LogP contribution >= 0.6 is 0 Å². The molecule has 1 saturated heterocycles. The van der Waals surface area contributed by atoms with Gasteiger partial charge in [0, 0.05) is 18.2 Å². The fourth-order valence-electron chi connectivity index (χ4n) is 3.95. The summed E-state index contributed by atoms with van der Waals surface area (Å²) in [6, 6.07) is 7.78. The smallest absolute Gasteiger partial charge is 0.349 e. The second-order valence-corrected chi connectivity index (χ2v) is 7.16. The zero-order valence-corrected chi connectivity index (χ0v) is 15.0. The number of amides is 1. The van der Waals surface area contributed by atoms with Gasteiger partial charge in [0.15, 0.2) is 0 Å². The second kappa shape index (κ2) is 7.08. The maximum atomic E-state index is 12.8. The molecule has 2 aliphatic rings. The Balaban J connectivity index is 1.62. The lowest BCUT2D eigenvalue weighted by atomic mass is 9.90. The number of rotatable bonds is 3. The Bertz CT molecular complexity index is 893. The number of ether oxygens (including phenoxy) is 1. The van der Waals surface area contributed by atoms with Gasteiger partial charge in [-0.2, -0.15) is 0 Å². The Morgan fingerprint density at radius 3 is 2.85 bits per heavy atom. The highest BCUT2D eigenvalue weighted by atomic mass is 16.5. The molecule has 1 aromatic heterocycles. The van der Waals surface area contributed by atoms with Crippen LogP contribution in [0.2, 0.25) is 0 Å². The van der Waals surface area contributed by atoms with Crippen LogP contribution in [0.4, 0.5) is 5.69 Å². The quantitative estimate of drug-likeness (QED) is 0.916. The van der Waals surface area contributed by atoms with Gasteiger partial charge in [-0.25, -0.2) is 4.79 Å². The lowest BCUT2D eigenvalue weighted by molar-refractivity contribution is 0.102. The Morgan fingerprint density at radius 2 is 2.08 bits per heavy atom. The Hall–Kier alpha value is -2.40. The van der Waals surface area contributed by atoms with Crippen LogP contribution in [0.1, 0.15) is 58.0 Å². The molecule has 0 bridgehead atoms. The summed E-state index contributed by atoms with van der Waals surface area (Å²) in [6.07, 6.45) is 5.14. The maximum Gasteiger partial charge on any atom is 0.349 e. The van der Waals surface area contributed by atoms with E-state index in [0.29, 0.717) is 24.5 Å². The first-order chi connectivity index (χ1) is 12.6. The normalized spacial score (nSPS) is 19.2. The topological polar surface area (TPSA) is 68.5 Å². The van der Waals surface area contributed by atoms with Gasteiger partial charge >= 0.3 is 5.63 Å². The lowest BCUT2D eigenvalue weighted by Gasteiger charge is -2.19. The van der Waals surface area contributed by atoms with Crippen LogP contribution in [0.5, 0.6) is 0 Å². The van der Waals surface area contributed by atoms with E-state index in [1.165, 1.54) is 17.5 Å². The standard InChI is InChI=1S/C21H23NO4/c1-13-11-18(15-9-10-25-12-15)26-21(24)19(13)20(23)22-17-8-4-6-14-5-2-3-7-16(14)17/h4,6,8,11,15H,2-3,5,7,9-10,12H2,1H3,(H,22,23). The average molecular weight is 353 g/mol. The number of hydrogen-bond acceptors (Lipinski definition) is 4. The molecule has 1 amide bonds. The van der Waals surface area contributed by atoms with Crippen LogP contribution in [0.15, 0.2) is 33.5 Å². The molecule has 0 radical (unpaired) electrons. The third-order valence-corrected chi connectivity index (χ3v) is 5.37. The van der Waals surface area contributed by atoms with Crippen molar-refractivity contribution in [1.29, 1.82) is 0 Å². The van der Waals surface area contributed by atoms with Gasteiger partial charge in [0.1, 0.15) is 11.3 Å². The van der Waals surface area contributed by atoms with Crippen molar-refractivity contribution in [3.8, 4) is 0 Å². The van der Waals surface area contributed by atoms with E-state index in [1.54, 1.807) is 13.0 Å². The number of aryl methyl sites for hydroxylation is 2. The third kappa shape index (κ3) is 3.19. The molecule has 0 spiro atoms. The van der Waals surface area contributed by atoms with Crippen LogP contribution < -0.4 is 10.9 Å². The van der Waals surface area contributed by atoms with Gasteiger partial charge < -0.3 is 14.5 Å². The van der Waals surface area contributed by atoms with Crippen LogP contribution in [-0.2, 0) is 17.6 Å². The summed E-state index contributed by atoms with van der Waals surface area (Å²) in [7, 11) is 0. The minimum Gasteiger partial charge on any atom is -0.427 e. The van der Waals surface area contributed by atoms with E-state index < -0.39 is 11.5 Å². The van der Waals surface area contributed by atoms with E-state index >= 15 is 0 Å². The van der Waals surface area contributed by atoms with Gasteiger partial charge in [-0.05, 0) is 67.9 Å². The summed E-state index contributed by atoms with van der Waals surface area (Å²) in [5.74, 6) is 0.308. The first-order valence-corrected chi connectivity index (χ1v) is 9.28. The monoisotopic (exact) mass is 353 g/mol. The Kier molecular flexibility index (Phi) is 4.64. The Labute approximate surface area is 152 Å². The number of fused-ring (bicyclic) bond motifs is 1. The van der Waals surface area contributed by atoms with Gasteiger partial charge in [-0.3, -0.25) is 4.79 Å². The summed E-state index contributed by atoms with van der Waals surface area (Å²) >= 11 is 0. The minimum atomic E-state index is -0.575. The van der Waals surface area contributed by atoms with Crippen LogP contribution in [0.25, 0.3) is 0 Å². The molecule has 1 aliphatic heterocycles. The van der Waals surface area contributed by atoms with Crippen molar-refractivity contribution < 1.29 is 13.9 Å². The third-order valence-electron chi connectivity index (χ3n) is 5.37. The van der Waals surface area contributed by atoms with Crippen LogP contribution in [-0.4, -0.2) is 19.1 Å². The second-order valence-electron chi connectivity index (χ2n) is 7.16. The molecule has 26 heavy (non-hydrogen) atoms. The van der Waals surface area contributed by atoms with E-state index in [1.807, 2.05) is 12.1 Å². The summed E-state index contributed by atoms with van der Waals surface area (Å²) in [4.78, 5) is 25.2. The van der Waals surface area contributed by atoms with Gasteiger partial charge in [-0.1, -0.05) is 12.1 Å². The molecule has 0 saturated carbocycles. The fraction of sp³-hybridized carbons (Fsp3) is 0.429. The van der Waals surface area contributed by atoms with E-state index in [2.05, 4.69) is 11.4 Å². The molecule has 2 aromatic rings. The first-order valence-electron chi connectivity index (χ1n) is 9.28. The zero-order chi connectivity index (χ0) is 18.1. The van der Waals surface area contributed by atoms with Crippen molar-refractivity contribution in [2.75, 3.05) is 18.5 Å². The summed E-state index contributed by atoms with van der Waals surface area (Å²) in [6.45, 7) is 3.02. The van der Waals surface area contributed by atoms with Gasteiger partial charge in [0.25, 0.3) is 5.91 Å². The molecule has 1 fully saturated rings. The van der Waals surface area contributed by atoms with Crippen molar-refractivity contribution >= 4 is 11.6 Å². The first kappa shape index (κ1) is 17.0. The number of anilines is 1.